The van der Waals surface area contributed by atoms with E-state index in [-0.39, 0.29) is 11.6 Å². The van der Waals surface area contributed by atoms with Gasteiger partial charge in [-0.3, -0.25) is 14.9 Å². The number of halogens is 1. The molecule has 2 aromatic rings. The van der Waals surface area contributed by atoms with Gasteiger partial charge in [-0.05, 0) is 37.3 Å². The van der Waals surface area contributed by atoms with E-state index in [4.69, 9.17) is 16.3 Å². The van der Waals surface area contributed by atoms with Crippen molar-refractivity contribution in [1.82, 2.24) is 0 Å². The summed E-state index contributed by atoms with van der Waals surface area (Å²) in [7, 11) is 1.51. The van der Waals surface area contributed by atoms with E-state index in [0.29, 0.717) is 16.5 Å². The molecule has 1 atom stereocenters. The Morgan fingerprint density at radius 1 is 1.29 bits per heavy atom. The van der Waals surface area contributed by atoms with Crippen LogP contribution in [0.3, 0.4) is 0 Å². The molecule has 0 heterocycles. The maximum absolute atomic E-state index is 12.3. The molecule has 0 radical (unpaired) electrons. The Balaban J connectivity index is 2.04. The SMILES string of the molecule is COc1ccc(Cl)cc1NC(=O)[C@@H](C)Sc1ccc([N+](=O)[O-])cc1. The number of rotatable bonds is 6. The van der Waals surface area contributed by atoms with Gasteiger partial charge in [-0.2, -0.15) is 0 Å². The lowest BCUT2D eigenvalue weighted by Gasteiger charge is -2.14. The minimum atomic E-state index is -0.462. The molecule has 0 aliphatic rings. The monoisotopic (exact) mass is 366 g/mol. The number of hydrogen-bond acceptors (Lipinski definition) is 5. The van der Waals surface area contributed by atoms with Crippen molar-refractivity contribution in [2.75, 3.05) is 12.4 Å². The Kier molecular flexibility index (Phi) is 6.05. The number of anilines is 1. The molecule has 0 unspecified atom stereocenters. The van der Waals surface area contributed by atoms with Crippen LogP contribution in [0.1, 0.15) is 6.92 Å². The number of methoxy groups -OCH3 is 1. The van der Waals surface area contributed by atoms with Crippen LogP contribution in [0.5, 0.6) is 5.75 Å². The van der Waals surface area contributed by atoms with Gasteiger partial charge in [-0.25, -0.2) is 0 Å². The molecule has 24 heavy (non-hydrogen) atoms. The van der Waals surface area contributed by atoms with Crippen molar-refractivity contribution in [2.24, 2.45) is 0 Å². The normalized spacial score (nSPS) is 11.6. The fraction of sp³-hybridized carbons (Fsp3) is 0.188. The van der Waals surface area contributed by atoms with Crippen LogP contribution in [0.25, 0.3) is 0 Å². The van der Waals surface area contributed by atoms with Crippen molar-refractivity contribution in [2.45, 2.75) is 17.1 Å². The largest absolute Gasteiger partial charge is 0.495 e. The highest BCUT2D eigenvalue weighted by Gasteiger charge is 2.17. The first-order valence-corrected chi connectivity index (χ1v) is 8.22. The standard InChI is InChI=1S/C16H15ClN2O4S/c1-10(24-13-6-4-12(5-7-13)19(21)22)16(20)18-14-9-11(17)3-8-15(14)23-2/h3-10H,1-2H3,(H,18,20)/t10-/m1/s1. The predicted octanol–water partition coefficient (Wildman–Crippen LogP) is 4.38. The number of nitrogens with zero attached hydrogens (tertiary/aromatic N) is 1. The number of carbonyl (C=O) groups excluding carboxylic acids is 1. The van der Waals surface area contributed by atoms with Gasteiger partial charge in [0, 0.05) is 22.1 Å². The molecule has 0 saturated heterocycles. The van der Waals surface area contributed by atoms with Gasteiger partial charge >= 0.3 is 0 Å². The highest BCUT2D eigenvalue weighted by atomic mass is 35.5. The van der Waals surface area contributed by atoms with Crippen molar-refractivity contribution < 1.29 is 14.5 Å². The summed E-state index contributed by atoms with van der Waals surface area (Å²) in [5, 5.41) is 13.5. The van der Waals surface area contributed by atoms with E-state index in [9.17, 15) is 14.9 Å². The third-order valence-electron chi connectivity index (χ3n) is 3.15. The number of hydrogen-bond donors (Lipinski definition) is 1. The van der Waals surface area contributed by atoms with E-state index >= 15 is 0 Å². The van der Waals surface area contributed by atoms with Gasteiger partial charge in [0.1, 0.15) is 5.75 Å². The highest BCUT2D eigenvalue weighted by Crippen LogP contribution is 2.30. The first kappa shape index (κ1) is 18.1. The summed E-state index contributed by atoms with van der Waals surface area (Å²) < 4.78 is 5.19. The molecular weight excluding hydrogens is 352 g/mol. The van der Waals surface area contributed by atoms with Crippen molar-refractivity contribution in [1.29, 1.82) is 0 Å². The summed E-state index contributed by atoms with van der Waals surface area (Å²) >= 11 is 7.24. The van der Waals surface area contributed by atoms with Crippen LogP contribution >= 0.6 is 23.4 Å². The first-order chi connectivity index (χ1) is 11.4. The first-order valence-electron chi connectivity index (χ1n) is 6.96. The van der Waals surface area contributed by atoms with E-state index in [0.717, 1.165) is 4.90 Å². The molecule has 0 aromatic heterocycles. The topological polar surface area (TPSA) is 81.5 Å². The Morgan fingerprint density at radius 3 is 2.54 bits per heavy atom. The predicted molar refractivity (Wildman–Crippen MR) is 95.0 cm³/mol. The number of thioether (sulfide) groups is 1. The highest BCUT2D eigenvalue weighted by molar-refractivity contribution is 8.00. The van der Waals surface area contributed by atoms with Gasteiger partial charge < -0.3 is 10.1 Å². The van der Waals surface area contributed by atoms with Crippen LogP contribution in [0.2, 0.25) is 5.02 Å². The van der Waals surface area contributed by atoms with Crippen molar-refractivity contribution >= 4 is 40.6 Å². The molecule has 0 fully saturated rings. The van der Waals surface area contributed by atoms with E-state index < -0.39 is 10.2 Å². The molecule has 1 N–H and O–H groups in total. The summed E-state index contributed by atoms with van der Waals surface area (Å²) in [6, 6.07) is 11.0. The summed E-state index contributed by atoms with van der Waals surface area (Å²) in [5.41, 5.74) is 0.506. The van der Waals surface area contributed by atoms with Gasteiger partial charge in [0.05, 0.1) is 23.0 Å². The molecular formula is C16H15ClN2O4S. The number of nitro groups is 1. The fourth-order valence-corrected chi connectivity index (χ4v) is 2.96. The summed E-state index contributed by atoms with van der Waals surface area (Å²) in [6.07, 6.45) is 0. The van der Waals surface area contributed by atoms with E-state index in [1.807, 2.05) is 0 Å². The van der Waals surface area contributed by atoms with Gasteiger partial charge in [0.25, 0.3) is 5.69 Å². The second-order valence-corrected chi connectivity index (χ2v) is 6.70. The lowest BCUT2D eigenvalue weighted by atomic mass is 10.3. The quantitative estimate of drug-likeness (QED) is 0.466. The lowest BCUT2D eigenvalue weighted by Crippen LogP contribution is -2.22. The second-order valence-electron chi connectivity index (χ2n) is 4.84. The van der Waals surface area contributed by atoms with Crippen molar-refractivity contribution in [3.05, 3.63) is 57.6 Å². The zero-order chi connectivity index (χ0) is 17.7. The Morgan fingerprint density at radius 2 is 1.96 bits per heavy atom. The van der Waals surface area contributed by atoms with Crippen LogP contribution in [0.15, 0.2) is 47.4 Å². The van der Waals surface area contributed by atoms with Crippen molar-refractivity contribution in [3.8, 4) is 5.75 Å². The molecule has 0 bridgehead atoms. The van der Waals surface area contributed by atoms with Crippen LogP contribution in [0, 0.1) is 10.1 Å². The summed E-state index contributed by atoms with van der Waals surface area (Å²) in [6.45, 7) is 1.75. The zero-order valence-electron chi connectivity index (χ0n) is 13.0. The summed E-state index contributed by atoms with van der Waals surface area (Å²) in [5.74, 6) is 0.291. The summed E-state index contributed by atoms with van der Waals surface area (Å²) in [4.78, 5) is 23.3. The van der Waals surface area contributed by atoms with Crippen LogP contribution in [-0.4, -0.2) is 23.2 Å². The Bertz CT molecular complexity index is 752. The van der Waals surface area contributed by atoms with Crippen LogP contribution in [-0.2, 0) is 4.79 Å². The molecule has 1 amide bonds. The molecule has 126 valence electrons. The Hall–Kier alpha value is -2.25. The van der Waals surface area contributed by atoms with Gasteiger partial charge in [-0.1, -0.05) is 11.6 Å². The molecule has 0 spiro atoms. The Labute approximate surface area is 148 Å². The second kappa shape index (κ2) is 8.03. The lowest BCUT2D eigenvalue weighted by molar-refractivity contribution is -0.384. The van der Waals surface area contributed by atoms with Gasteiger partial charge in [0.15, 0.2) is 0 Å². The van der Waals surface area contributed by atoms with Gasteiger partial charge in [-0.15, -0.1) is 11.8 Å². The molecule has 0 aliphatic carbocycles. The third kappa shape index (κ3) is 4.62. The number of nitro benzene ring substituents is 1. The zero-order valence-corrected chi connectivity index (χ0v) is 14.6. The average Bonchev–Trinajstić information content (AvgIpc) is 2.55. The smallest absolute Gasteiger partial charge is 0.269 e. The van der Waals surface area contributed by atoms with E-state index in [1.165, 1.54) is 31.0 Å². The fourth-order valence-electron chi connectivity index (χ4n) is 1.92. The van der Waals surface area contributed by atoms with Gasteiger partial charge in [0.2, 0.25) is 5.91 Å². The van der Waals surface area contributed by atoms with Crippen molar-refractivity contribution in [3.63, 3.8) is 0 Å². The van der Waals surface area contributed by atoms with Crippen LogP contribution < -0.4 is 10.1 Å². The molecule has 2 rings (SSSR count). The van der Waals surface area contributed by atoms with E-state index in [1.54, 1.807) is 37.3 Å². The van der Waals surface area contributed by atoms with Crippen LogP contribution in [0.4, 0.5) is 11.4 Å². The molecule has 0 aliphatic heterocycles. The number of amides is 1. The minimum absolute atomic E-state index is 0.0140. The third-order valence-corrected chi connectivity index (χ3v) is 4.50. The van der Waals surface area contributed by atoms with E-state index in [2.05, 4.69) is 5.32 Å². The number of carbonyl (C=O) groups is 1. The molecule has 8 heteroatoms. The molecule has 0 saturated carbocycles. The molecule has 6 nitrogen and oxygen atoms in total. The minimum Gasteiger partial charge on any atom is -0.495 e. The maximum Gasteiger partial charge on any atom is 0.269 e. The number of ether oxygens (including phenoxy) is 1. The number of non-ortho nitro benzene ring substituents is 1. The number of benzene rings is 2. The maximum atomic E-state index is 12.3. The number of nitrogens with one attached hydrogen (secondary N) is 1. The average molecular weight is 367 g/mol. The molecule has 2 aromatic carbocycles.